The average molecular weight is 372 g/mol. The normalized spacial score (nSPS) is 44.0. The zero-order chi connectivity index (χ0) is 19.6. The van der Waals surface area contributed by atoms with Gasteiger partial charge in [-0.05, 0) is 100 Å². The highest BCUT2D eigenvalue weighted by Gasteiger charge is 2.60. The maximum absolute atomic E-state index is 13.1. The molecule has 0 aromatic heterocycles. The summed E-state index contributed by atoms with van der Waals surface area (Å²) < 4.78 is 0. The van der Waals surface area contributed by atoms with Gasteiger partial charge in [0.15, 0.2) is 5.78 Å². The van der Waals surface area contributed by atoms with Crippen molar-refractivity contribution in [3.8, 4) is 0 Å². The van der Waals surface area contributed by atoms with Gasteiger partial charge in [0.25, 0.3) is 0 Å². The Morgan fingerprint density at radius 1 is 1.04 bits per heavy atom. The first-order valence-corrected chi connectivity index (χ1v) is 11.1. The van der Waals surface area contributed by atoms with Crippen LogP contribution >= 0.6 is 0 Å². The lowest BCUT2D eigenvalue weighted by molar-refractivity contribution is -0.134. The molecule has 0 aromatic carbocycles. The van der Waals surface area contributed by atoms with E-state index >= 15 is 0 Å². The van der Waals surface area contributed by atoms with E-state index in [1.54, 1.807) is 0 Å². The van der Waals surface area contributed by atoms with E-state index in [0.717, 1.165) is 38.0 Å². The lowest BCUT2D eigenvalue weighted by Gasteiger charge is -2.58. The fourth-order valence-electron chi connectivity index (χ4n) is 7.45. The molecule has 0 saturated heterocycles. The molecule has 3 nitrogen and oxygen atoms in total. The maximum Gasteiger partial charge on any atom is 0.224 e. The lowest BCUT2D eigenvalue weighted by atomic mass is 9.47. The minimum Gasteiger partial charge on any atom is -0.351 e. The zero-order valence-corrected chi connectivity index (χ0v) is 17.9. The number of hydrogen-bond donors (Lipinski definition) is 1. The number of carbonyl (C=O) groups is 2. The van der Waals surface area contributed by atoms with E-state index in [1.807, 2.05) is 6.08 Å². The Labute approximate surface area is 164 Å². The van der Waals surface area contributed by atoms with Crippen LogP contribution in [0, 0.1) is 34.5 Å². The van der Waals surface area contributed by atoms with Gasteiger partial charge in [0.1, 0.15) is 0 Å². The predicted molar refractivity (Wildman–Crippen MR) is 108 cm³/mol. The van der Waals surface area contributed by atoms with E-state index in [9.17, 15) is 9.59 Å². The number of rotatable bonds is 1. The van der Waals surface area contributed by atoms with Crippen molar-refractivity contribution in [3.63, 3.8) is 0 Å². The molecular formula is C24H37NO2. The molecular weight excluding hydrogens is 334 g/mol. The van der Waals surface area contributed by atoms with Gasteiger partial charge in [0.05, 0.1) is 0 Å². The fourth-order valence-corrected chi connectivity index (χ4v) is 7.45. The smallest absolute Gasteiger partial charge is 0.224 e. The Kier molecular flexibility index (Phi) is 4.40. The van der Waals surface area contributed by atoms with E-state index in [1.165, 1.54) is 24.8 Å². The van der Waals surface area contributed by atoms with Crippen LogP contribution in [-0.2, 0) is 9.59 Å². The molecule has 27 heavy (non-hydrogen) atoms. The summed E-state index contributed by atoms with van der Waals surface area (Å²) >= 11 is 0. The van der Waals surface area contributed by atoms with E-state index in [-0.39, 0.29) is 28.2 Å². The minimum atomic E-state index is -0.157. The second kappa shape index (κ2) is 6.19. The molecule has 4 aliphatic carbocycles. The molecule has 0 aromatic rings. The summed E-state index contributed by atoms with van der Waals surface area (Å²) in [7, 11) is 0. The molecule has 3 fully saturated rings. The minimum absolute atomic E-state index is 0.151. The summed E-state index contributed by atoms with van der Waals surface area (Å²) in [5, 5.41) is 3.26. The molecule has 0 radical (unpaired) electrons. The van der Waals surface area contributed by atoms with Gasteiger partial charge in [-0.1, -0.05) is 19.4 Å². The van der Waals surface area contributed by atoms with Crippen LogP contribution in [0.5, 0.6) is 0 Å². The molecule has 0 bridgehead atoms. The van der Waals surface area contributed by atoms with Crippen molar-refractivity contribution in [2.24, 2.45) is 34.5 Å². The van der Waals surface area contributed by atoms with Gasteiger partial charge in [-0.2, -0.15) is 0 Å². The molecule has 1 amide bonds. The second-order valence-corrected chi connectivity index (χ2v) is 11.4. The highest BCUT2D eigenvalue weighted by atomic mass is 16.2. The summed E-state index contributed by atoms with van der Waals surface area (Å²) in [6.45, 7) is 11.1. The van der Waals surface area contributed by atoms with Crippen LogP contribution in [0.25, 0.3) is 0 Å². The SMILES string of the molecule is CC(C)(C)NC(=O)[C@H]1CC[C@H]2[C@H]3CCC4=CC(=O)CC[C@@]4(C)[C@H]3CC[C@@]12C. The number of ketones is 1. The van der Waals surface area contributed by atoms with Crippen molar-refractivity contribution in [2.45, 2.75) is 91.5 Å². The molecule has 0 spiro atoms. The second-order valence-electron chi connectivity index (χ2n) is 11.4. The van der Waals surface area contributed by atoms with Gasteiger partial charge in [-0.15, -0.1) is 0 Å². The van der Waals surface area contributed by atoms with Crippen LogP contribution in [0.2, 0.25) is 0 Å². The average Bonchev–Trinajstić information content (AvgIpc) is 2.91. The number of fused-ring (bicyclic) bond motifs is 5. The molecule has 4 aliphatic rings. The van der Waals surface area contributed by atoms with Crippen molar-refractivity contribution in [2.75, 3.05) is 0 Å². The van der Waals surface area contributed by atoms with Crippen LogP contribution in [0.1, 0.15) is 86.0 Å². The maximum atomic E-state index is 13.1. The van der Waals surface area contributed by atoms with Gasteiger partial charge in [-0.25, -0.2) is 0 Å². The Morgan fingerprint density at radius 3 is 2.48 bits per heavy atom. The van der Waals surface area contributed by atoms with Gasteiger partial charge < -0.3 is 5.32 Å². The highest BCUT2D eigenvalue weighted by Crippen LogP contribution is 2.66. The zero-order valence-electron chi connectivity index (χ0n) is 17.9. The van der Waals surface area contributed by atoms with E-state index in [4.69, 9.17) is 0 Å². The first-order valence-electron chi connectivity index (χ1n) is 11.1. The van der Waals surface area contributed by atoms with Gasteiger partial charge in [-0.3, -0.25) is 9.59 Å². The third-order valence-electron chi connectivity index (χ3n) is 8.78. The fraction of sp³-hybridized carbons (Fsp3) is 0.833. The van der Waals surface area contributed by atoms with E-state index in [2.05, 4.69) is 39.9 Å². The molecule has 6 atom stereocenters. The first-order chi connectivity index (χ1) is 12.5. The van der Waals surface area contributed by atoms with Gasteiger partial charge in [0.2, 0.25) is 5.91 Å². The van der Waals surface area contributed by atoms with Crippen LogP contribution in [0.3, 0.4) is 0 Å². The third kappa shape index (κ3) is 3.00. The van der Waals surface area contributed by atoms with E-state index < -0.39 is 0 Å². The Balaban J connectivity index is 1.58. The summed E-state index contributed by atoms with van der Waals surface area (Å²) in [5.74, 6) is 2.88. The largest absolute Gasteiger partial charge is 0.351 e. The summed E-state index contributed by atoms with van der Waals surface area (Å²) in [4.78, 5) is 25.0. The van der Waals surface area contributed by atoms with Crippen LogP contribution in [0.15, 0.2) is 11.6 Å². The summed E-state index contributed by atoms with van der Waals surface area (Å²) in [5.41, 5.74) is 1.65. The number of carbonyl (C=O) groups excluding carboxylic acids is 2. The molecule has 0 heterocycles. The number of hydrogen-bond acceptors (Lipinski definition) is 2. The van der Waals surface area contributed by atoms with Crippen molar-refractivity contribution >= 4 is 11.7 Å². The van der Waals surface area contributed by atoms with Crippen LogP contribution in [-0.4, -0.2) is 17.2 Å². The molecule has 0 aliphatic heterocycles. The quantitative estimate of drug-likeness (QED) is 0.701. The Bertz CT molecular complexity index is 687. The molecule has 3 heteroatoms. The monoisotopic (exact) mass is 371 g/mol. The van der Waals surface area contributed by atoms with Crippen molar-refractivity contribution in [1.82, 2.24) is 5.32 Å². The van der Waals surface area contributed by atoms with Gasteiger partial charge >= 0.3 is 0 Å². The molecule has 1 N–H and O–H groups in total. The first kappa shape index (κ1) is 19.2. The number of allylic oxidation sites excluding steroid dienone is 1. The molecule has 150 valence electrons. The van der Waals surface area contributed by atoms with Crippen LogP contribution in [0.4, 0.5) is 0 Å². The Morgan fingerprint density at radius 2 is 1.78 bits per heavy atom. The predicted octanol–water partition coefficient (Wildman–Crippen LogP) is 5.05. The number of nitrogens with one attached hydrogen (secondary N) is 1. The molecule has 3 saturated carbocycles. The van der Waals surface area contributed by atoms with E-state index in [0.29, 0.717) is 17.6 Å². The summed E-state index contributed by atoms with van der Waals surface area (Å²) in [6, 6.07) is 0. The van der Waals surface area contributed by atoms with Crippen molar-refractivity contribution < 1.29 is 9.59 Å². The highest BCUT2D eigenvalue weighted by molar-refractivity contribution is 5.91. The Hall–Kier alpha value is -1.12. The van der Waals surface area contributed by atoms with Gasteiger partial charge in [0, 0.05) is 17.9 Å². The molecule has 4 rings (SSSR count). The third-order valence-corrected chi connectivity index (χ3v) is 8.78. The van der Waals surface area contributed by atoms with Crippen LogP contribution < -0.4 is 5.32 Å². The topological polar surface area (TPSA) is 46.2 Å². The van der Waals surface area contributed by atoms with Crippen molar-refractivity contribution in [3.05, 3.63) is 11.6 Å². The number of amides is 1. The van der Waals surface area contributed by atoms with Crippen molar-refractivity contribution in [1.29, 1.82) is 0 Å². The standard InChI is InChI=1S/C24H37NO2/c1-22(2,3)25-21(27)20-9-8-18-17-7-6-15-14-16(26)10-12-23(15,4)19(17)11-13-24(18,20)5/h14,17-20H,6-13H2,1-5H3,(H,25,27)/t17-,18+,19+,20-,23-,24-/m1/s1. The lowest BCUT2D eigenvalue weighted by Crippen LogP contribution is -2.53. The summed E-state index contributed by atoms with van der Waals surface area (Å²) in [6.07, 6.45) is 10.7. The molecule has 0 unspecified atom stereocenters.